The number of benzene rings is 1. The second kappa shape index (κ2) is 15.0. The maximum atomic E-state index is 14.2. The Morgan fingerprint density at radius 1 is 1.16 bits per heavy atom. The monoisotopic (exact) mass is 709 g/mol. The van der Waals surface area contributed by atoms with Crippen LogP contribution in [-0.4, -0.2) is 123 Å². The summed E-state index contributed by atoms with van der Waals surface area (Å²) in [4.78, 5) is 61.8. The van der Waals surface area contributed by atoms with Crippen molar-refractivity contribution in [2.45, 2.75) is 76.0 Å². The van der Waals surface area contributed by atoms with Crippen LogP contribution in [-0.2, 0) is 30.9 Å². The third-order valence-corrected chi connectivity index (χ3v) is 11.3. The van der Waals surface area contributed by atoms with Crippen LogP contribution in [0, 0.1) is 11.8 Å². The van der Waals surface area contributed by atoms with Crippen molar-refractivity contribution in [3.05, 3.63) is 35.1 Å². The number of carbonyl (C=O) groups excluding carboxylic acids is 4. The van der Waals surface area contributed by atoms with Gasteiger partial charge in [-0.2, -0.15) is 0 Å². The van der Waals surface area contributed by atoms with Gasteiger partial charge in [-0.1, -0.05) is 6.07 Å². The minimum absolute atomic E-state index is 0.0377. The fourth-order valence-electron chi connectivity index (χ4n) is 8.96. The summed E-state index contributed by atoms with van der Waals surface area (Å²) in [5.41, 5.74) is 12.9. The Hall–Kier alpha value is -4.53. The van der Waals surface area contributed by atoms with Gasteiger partial charge in [0.2, 0.25) is 5.91 Å². The molecular formula is C36H51N7O8. The number of Topliss-reactive ketones (excluding diaryl/α,β-unsaturated/α-hetero) is 1. The predicted molar refractivity (Wildman–Crippen MR) is 187 cm³/mol. The molecule has 5 aliphatic rings. The van der Waals surface area contributed by atoms with Crippen molar-refractivity contribution in [1.82, 2.24) is 20.0 Å². The Kier molecular flexibility index (Phi) is 10.7. The number of aliphatic imine (C=N–C) groups is 1. The van der Waals surface area contributed by atoms with E-state index >= 15 is 0 Å². The summed E-state index contributed by atoms with van der Waals surface area (Å²) in [6.45, 7) is 5.18. The van der Waals surface area contributed by atoms with E-state index in [1.54, 1.807) is 18.9 Å². The number of nitrogens with one attached hydrogen (secondary N) is 1. The minimum atomic E-state index is -0.620. The molecule has 0 aromatic heterocycles. The number of piperazine rings is 1. The molecule has 1 aromatic rings. The summed E-state index contributed by atoms with van der Waals surface area (Å²) >= 11 is 0. The van der Waals surface area contributed by atoms with E-state index in [4.69, 9.17) is 30.4 Å². The van der Waals surface area contributed by atoms with Crippen LogP contribution >= 0.6 is 0 Å². The number of ether oxygens (including phenoxy) is 4. The molecule has 2 unspecified atom stereocenters. The summed E-state index contributed by atoms with van der Waals surface area (Å²) in [7, 11) is 3.82. The lowest BCUT2D eigenvalue weighted by molar-refractivity contribution is -0.129. The normalized spacial score (nSPS) is 26.5. The van der Waals surface area contributed by atoms with Gasteiger partial charge in [-0.15, -0.1) is 0 Å². The van der Waals surface area contributed by atoms with E-state index < -0.39 is 30.3 Å². The number of carbonyl (C=O) groups is 4. The number of guanidine groups is 1. The second-order valence-corrected chi connectivity index (χ2v) is 14.3. The average Bonchev–Trinajstić information content (AvgIpc) is 3.46. The van der Waals surface area contributed by atoms with Crippen LogP contribution in [0.1, 0.15) is 57.1 Å². The molecule has 2 fully saturated rings. The van der Waals surface area contributed by atoms with Gasteiger partial charge in [-0.05, 0) is 83.2 Å². The second-order valence-electron chi connectivity index (χ2n) is 14.3. The third-order valence-electron chi connectivity index (χ3n) is 11.3. The fraction of sp³-hybridized carbons (Fsp3) is 0.639. The SMILES string of the molecule is CCOC(=O)N1CCN(C(=O)OC2=CCC3[C@H]4Cc5ccc(OC)c6c5[C@@]3(CCN4C)[C@@H]2O6)C(CNC(=O)[C@H](CCCN=C(N)N)CC(C)=O)C1. The first-order valence-electron chi connectivity index (χ1n) is 18.0. The number of amides is 3. The van der Waals surface area contributed by atoms with Crippen LogP contribution < -0.4 is 26.3 Å². The van der Waals surface area contributed by atoms with Gasteiger partial charge in [0.25, 0.3) is 0 Å². The number of ketones is 1. The number of nitrogens with zero attached hydrogens (tertiary/aromatic N) is 4. The number of hydrogen-bond donors (Lipinski definition) is 3. The Bertz CT molecular complexity index is 1590. The summed E-state index contributed by atoms with van der Waals surface area (Å²) < 4.78 is 24.0. The molecule has 1 aromatic carbocycles. The van der Waals surface area contributed by atoms with Crippen molar-refractivity contribution >= 4 is 29.8 Å². The highest BCUT2D eigenvalue weighted by Gasteiger charge is 2.65. The molecule has 5 N–H and O–H groups in total. The zero-order valence-electron chi connectivity index (χ0n) is 30.0. The van der Waals surface area contributed by atoms with Gasteiger partial charge in [-0.25, -0.2) is 9.59 Å². The largest absolute Gasteiger partial charge is 0.493 e. The molecule has 15 nitrogen and oxygen atoms in total. The lowest BCUT2D eigenvalue weighted by Gasteiger charge is -2.56. The van der Waals surface area contributed by atoms with E-state index in [-0.39, 0.29) is 62.3 Å². The number of likely N-dealkylation sites (tertiary alicyclic amines) is 1. The molecule has 2 aliphatic carbocycles. The minimum Gasteiger partial charge on any atom is -0.493 e. The van der Waals surface area contributed by atoms with Gasteiger partial charge < -0.3 is 50.3 Å². The first kappa shape index (κ1) is 36.3. The molecule has 15 heteroatoms. The topological polar surface area (TPSA) is 191 Å². The van der Waals surface area contributed by atoms with Crippen LogP contribution in [0.4, 0.5) is 9.59 Å². The van der Waals surface area contributed by atoms with E-state index in [1.807, 2.05) is 12.1 Å². The van der Waals surface area contributed by atoms with Gasteiger partial charge >= 0.3 is 12.2 Å². The van der Waals surface area contributed by atoms with Crippen molar-refractivity contribution in [3.63, 3.8) is 0 Å². The van der Waals surface area contributed by atoms with Gasteiger partial charge in [0.15, 0.2) is 23.6 Å². The Morgan fingerprint density at radius 2 is 1.96 bits per heavy atom. The maximum Gasteiger partial charge on any atom is 0.415 e. The average molecular weight is 710 g/mol. The maximum absolute atomic E-state index is 14.2. The molecule has 2 saturated heterocycles. The molecule has 0 saturated carbocycles. The third kappa shape index (κ3) is 6.91. The van der Waals surface area contributed by atoms with E-state index in [1.165, 1.54) is 23.0 Å². The van der Waals surface area contributed by atoms with Crippen LogP contribution in [0.5, 0.6) is 11.5 Å². The molecule has 51 heavy (non-hydrogen) atoms. The number of likely N-dealkylation sites (N-methyl/N-ethyl adjacent to an activating group) is 1. The number of allylic oxidation sites excluding steroid dienone is 1. The summed E-state index contributed by atoms with van der Waals surface area (Å²) in [6, 6.07) is 3.82. The Morgan fingerprint density at radius 3 is 2.69 bits per heavy atom. The number of methoxy groups -OCH3 is 1. The molecular weight excluding hydrogens is 658 g/mol. The highest BCUT2D eigenvalue weighted by Crippen LogP contribution is 2.63. The van der Waals surface area contributed by atoms with E-state index in [9.17, 15) is 19.2 Å². The standard InChI is InChI=1S/C36H51N7O8/c1-5-49-34(46)42-15-16-43(24(20-42)19-40-32(45)23(17-21(2)44)7-6-13-39-33(37)38)35(47)50-28-11-9-25-26-18-22-8-10-27(48-4)30-29(22)36(25,31(28)51-30)12-14-41(26)3/h8,10-11,23-26,31H,5-7,9,12-20H2,1-4H3,(H,40,45)(H4,37,38,39)/t23-,24?,25?,26-,31-,36+/m1/s1. The van der Waals surface area contributed by atoms with Crippen molar-refractivity contribution in [2.75, 3.05) is 60.0 Å². The van der Waals surface area contributed by atoms with Crippen molar-refractivity contribution in [2.24, 2.45) is 28.3 Å². The Balaban J connectivity index is 1.20. The predicted octanol–water partition coefficient (Wildman–Crippen LogP) is 1.90. The molecule has 3 heterocycles. The molecule has 2 bridgehead atoms. The highest BCUT2D eigenvalue weighted by molar-refractivity contribution is 5.85. The van der Waals surface area contributed by atoms with Gasteiger partial charge in [0, 0.05) is 62.1 Å². The van der Waals surface area contributed by atoms with Crippen LogP contribution in [0.25, 0.3) is 0 Å². The number of piperidine rings is 1. The summed E-state index contributed by atoms with van der Waals surface area (Å²) in [5.74, 6) is 1.09. The van der Waals surface area contributed by atoms with Gasteiger partial charge in [-0.3, -0.25) is 14.7 Å². The van der Waals surface area contributed by atoms with E-state index in [0.717, 1.165) is 31.6 Å². The van der Waals surface area contributed by atoms with Gasteiger partial charge in [0.05, 0.1) is 19.8 Å². The first-order chi connectivity index (χ1) is 24.5. The summed E-state index contributed by atoms with van der Waals surface area (Å²) in [5, 5.41) is 2.94. The summed E-state index contributed by atoms with van der Waals surface area (Å²) in [6.07, 6.45) is 3.93. The fourth-order valence-corrected chi connectivity index (χ4v) is 8.96. The molecule has 1 spiro atoms. The zero-order valence-corrected chi connectivity index (χ0v) is 30.0. The molecule has 6 atom stereocenters. The number of nitrogens with two attached hydrogens (primary N) is 2. The van der Waals surface area contributed by atoms with Crippen molar-refractivity contribution < 1.29 is 38.1 Å². The van der Waals surface area contributed by atoms with Crippen LogP contribution in [0.2, 0.25) is 0 Å². The molecule has 6 rings (SSSR count). The van der Waals surface area contributed by atoms with E-state index in [0.29, 0.717) is 42.9 Å². The number of rotatable bonds is 12. The van der Waals surface area contributed by atoms with Crippen molar-refractivity contribution in [1.29, 1.82) is 0 Å². The Labute approximate surface area is 298 Å². The van der Waals surface area contributed by atoms with Crippen molar-refractivity contribution in [3.8, 4) is 11.5 Å². The van der Waals surface area contributed by atoms with Gasteiger partial charge in [0.1, 0.15) is 11.5 Å². The number of hydrogen-bond acceptors (Lipinski definition) is 10. The molecule has 3 aliphatic heterocycles. The molecule has 0 radical (unpaired) electrons. The lowest BCUT2D eigenvalue weighted by atomic mass is 9.53. The van der Waals surface area contributed by atoms with Crippen LogP contribution in [0.3, 0.4) is 0 Å². The lowest BCUT2D eigenvalue weighted by Crippen LogP contribution is -2.64. The van der Waals surface area contributed by atoms with Crippen LogP contribution in [0.15, 0.2) is 29.0 Å². The zero-order chi connectivity index (χ0) is 36.4. The smallest absolute Gasteiger partial charge is 0.415 e. The van der Waals surface area contributed by atoms with E-state index in [2.05, 4.69) is 28.3 Å². The molecule has 278 valence electrons. The highest BCUT2D eigenvalue weighted by atomic mass is 16.6. The molecule has 3 amide bonds. The quantitative estimate of drug-likeness (QED) is 0.163. The first-order valence-corrected chi connectivity index (χ1v) is 18.0.